The van der Waals surface area contributed by atoms with Crippen molar-refractivity contribution in [3.05, 3.63) is 28.4 Å². The highest BCUT2D eigenvalue weighted by Crippen LogP contribution is 2.31. The van der Waals surface area contributed by atoms with Crippen LogP contribution in [0.4, 0.5) is 5.69 Å². The fraction of sp³-hybridized carbons (Fsp3) is 0.474. The summed E-state index contributed by atoms with van der Waals surface area (Å²) < 4.78 is 5.73. The van der Waals surface area contributed by atoms with Crippen LogP contribution in [0.5, 0.6) is 0 Å². The minimum atomic E-state index is -0.507. The standard InChI is InChI=1S/C19H24BrN3O3/c1-11-6-8-23(9-7-11)12(2)18(24)22-16-14-10-13(20)4-5-15(14)21-17(16)19(25)26-3/h4-5,10-12,21H,6-9H2,1-3H3,(H,22,24)/t12-/m0/s1. The number of halogens is 1. The molecule has 2 N–H and O–H groups in total. The Morgan fingerprint density at radius 2 is 2.04 bits per heavy atom. The number of ether oxygens (including phenoxy) is 1. The molecule has 7 heteroatoms. The van der Waals surface area contributed by atoms with Gasteiger partial charge in [-0.2, -0.15) is 0 Å². The maximum atomic E-state index is 12.9. The molecule has 1 amide bonds. The zero-order valence-corrected chi connectivity index (χ0v) is 16.9. The number of anilines is 1. The molecule has 26 heavy (non-hydrogen) atoms. The first kappa shape index (κ1) is 18.9. The summed E-state index contributed by atoms with van der Waals surface area (Å²) in [7, 11) is 1.33. The van der Waals surface area contributed by atoms with Gasteiger partial charge in [0, 0.05) is 15.4 Å². The molecule has 0 saturated carbocycles. The molecule has 3 rings (SSSR count). The zero-order chi connectivity index (χ0) is 18.8. The first-order chi connectivity index (χ1) is 12.4. The van der Waals surface area contributed by atoms with E-state index in [9.17, 15) is 9.59 Å². The molecule has 2 aromatic rings. The SMILES string of the molecule is COC(=O)c1[nH]c2ccc(Br)cc2c1NC(=O)[C@H](C)N1CCC(C)CC1. The summed E-state index contributed by atoms with van der Waals surface area (Å²) in [4.78, 5) is 30.2. The van der Waals surface area contributed by atoms with Crippen molar-refractivity contribution in [1.82, 2.24) is 9.88 Å². The van der Waals surface area contributed by atoms with Crippen LogP contribution in [0.15, 0.2) is 22.7 Å². The van der Waals surface area contributed by atoms with E-state index >= 15 is 0 Å². The largest absolute Gasteiger partial charge is 0.464 e. The van der Waals surface area contributed by atoms with E-state index in [1.807, 2.05) is 25.1 Å². The Bertz CT molecular complexity index is 825. The first-order valence-electron chi connectivity index (χ1n) is 8.85. The molecule has 1 fully saturated rings. The topological polar surface area (TPSA) is 74.4 Å². The van der Waals surface area contributed by atoms with Crippen LogP contribution in [-0.2, 0) is 9.53 Å². The number of carbonyl (C=O) groups excluding carboxylic acids is 2. The molecule has 6 nitrogen and oxygen atoms in total. The van der Waals surface area contributed by atoms with Crippen LogP contribution in [0.2, 0.25) is 0 Å². The van der Waals surface area contributed by atoms with Gasteiger partial charge in [-0.15, -0.1) is 0 Å². The number of aromatic amines is 1. The number of rotatable bonds is 4. The number of nitrogens with one attached hydrogen (secondary N) is 2. The van der Waals surface area contributed by atoms with E-state index < -0.39 is 5.97 Å². The van der Waals surface area contributed by atoms with Gasteiger partial charge in [0.05, 0.1) is 18.8 Å². The van der Waals surface area contributed by atoms with Gasteiger partial charge in [-0.1, -0.05) is 22.9 Å². The number of H-pyrrole nitrogens is 1. The van der Waals surface area contributed by atoms with Crippen LogP contribution < -0.4 is 5.32 Å². The average Bonchev–Trinajstić information content (AvgIpc) is 2.98. The number of amides is 1. The van der Waals surface area contributed by atoms with Crippen molar-refractivity contribution in [3.63, 3.8) is 0 Å². The molecule has 1 aromatic heterocycles. The third-order valence-electron chi connectivity index (χ3n) is 5.14. The van der Waals surface area contributed by atoms with E-state index in [-0.39, 0.29) is 17.6 Å². The lowest BCUT2D eigenvalue weighted by Crippen LogP contribution is -2.45. The molecule has 0 unspecified atom stereocenters. The van der Waals surface area contributed by atoms with Crippen molar-refractivity contribution in [3.8, 4) is 0 Å². The molecular formula is C19H24BrN3O3. The van der Waals surface area contributed by atoms with Crippen LogP contribution in [0.25, 0.3) is 10.9 Å². The highest BCUT2D eigenvalue weighted by atomic mass is 79.9. The van der Waals surface area contributed by atoms with Crippen LogP contribution in [-0.4, -0.2) is 48.0 Å². The summed E-state index contributed by atoms with van der Waals surface area (Å²) in [6.45, 7) is 5.99. The van der Waals surface area contributed by atoms with E-state index in [0.29, 0.717) is 11.6 Å². The lowest BCUT2D eigenvalue weighted by atomic mass is 9.98. The van der Waals surface area contributed by atoms with Gasteiger partial charge in [0.2, 0.25) is 5.91 Å². The van der Waals surface area contributed by atoms with Gasteiger partial charge < -0.3 is 15.0 Å². The second-order valence-electron chi connectivity index (χ2n) is 6.94. The van der Waals surface area contributed by atoms with Gasteiger partial charge in [-0.3, -0.25) is 9.69 Å². The molecule has 0 spiro atoms. The normalized spacial score (nSPS) is 17.2. The Morgan fingerprint density at radius 1 is 1.35 bits per heavy atom. The number of likely N-dealkylation sites (tertiary alicyclic amines) is 1. The minimum Gasteiger partial charge on any atom is -0.464 e. The molecule has 0 bridgehead atoms. The number of benzene rings is 1. The quantitative estimate of drug-likeness (QED) is 0.736. The predicted octanol–water partition coefficient (Wildman–Crippen LogP) is 3.78. The third-order valence-corrected chi connectivity index (χ3v) is 5.64. The molecule has 0 aliphatic carbocycles. The number of hydrogen-bond donors (Lipinski definition) is 2. The molecule has 1 aromatic carbocycles. The fourth-order valence-electron chi connectivity index (χ4n) is 3.36. The molecule has 1 aliphatic rings. The summed E-state index contributed by atoms with van der Waals surface area (Å²) >= 11 is 3.44. The number of nitrogens with zero attached hydrogens (tertiary/aromatic N) is 1. The Hall–Kier alpha value is -1.86. The Kier molecular flexibility index (Phi) is 5.67. The maximum Gasteiger partial charge on any atom is 0.356 e. The number of fused-ring (bicyclic) bond motifs is 1. The van der Waals surface area contributed by atoms with Gasteiger partial charge in [0.1, 0.15) is 5.69 Å². The second-order valence-corrected chi connectivity index (χ2v) is 7.86. The summed E-state index contributed by atoms with van der Waals surface area (Å²) in [5.41, 5.74) is 1.49. The Morgan fingerprint density at radius 3 is 2.69 bits per heavy atom. The van der Waals surface area contributed by atoms with E-state index in [1.165, 1.54) is 7.11 Å². The van der Waals surface area contributed by atoms with Gasteiger partial charge >= 0.3 is 5.97 Å². The van der Waals surface area contributed by atoms with Crippen molar-refractivity contribution in [2.75, 3.05) is 25.5 Å². The van der Waals surface area contributed by atoms with E-state index in [0.717, 1.165) is 41.3 Å². The lowest BCUT2D eigenvalue weighted by molar-refractivity contribution is -0.121. The Labute approximate surface area is 161 Å². The fourth-order valence-corrected chi connectivity index (χ4v) is 3.72. The number of methoxy groups -OCH3 is 1. The van der Waals surface area contributed by atoms with Crippen molar-refractivity contribution in [1.29, 1.82) is 0 Å². The smallest absolute Gasteiger partial charge is 0.356 e. The number of piperidine rings is 1. The van der Waals surface area contributed by atoms with Gasteiger partial charge in [0.15, 0.2) is 0 Å². The van der Waals surface area contributed by atoms with Crippen molar-refractivity contribution in [2.24, 2.45) is 5.92 Å². The number of hydrogen-bond acceptors (Lipinski definition) is 4. The summed E-state index contributed by atoms with van der Waals surface area (Å²) in [6, 6.07) is 5.35. The molecule has 1 aliphatic heterocycles. The maximum absolute atomic E-state index is 12.9. The highest BCUT2D eigenvalue weighted by Gasteiger charge is 2.27. The number of aromatic nitrogens is 1. The molecule has 2 heterocycles. The number of carbonyl (C=O) groups is 2. The van der Waals surface area contributed by atoms with Crippen molar-refractivity contribution >= 4 is 44.4 Å². The molecule has 1 atom stereocenters. The van der Waals surface area contributed by atoms with Crippen LogP contribution in [0, 0.1) is 5.92 Å². The van der Waals surface area contributed by atoms with Crippen molar-refractivity contribution in [2.45, 2.75) is 32.7 Å². The van der Waals surface area contributed by atoms with E-state index in [4.69, 9.17) is 4.74 Å². The summed E-state index contributed by atoms with van der Waals surface area (Å²) in [5.74, 6) is 0.0797. The summed E-state index contributed by atoms with van der Waals surface area (Å²) in [5, 5.41) is 3.72. The average molecular weight is 422 g/mol. The molecule has 1 saturated heterocycles. The highest BCUT2D eigenvalue weighted by molar-refractivity contribution is 9.10. The van der Waals surface area contributed by atoms with Crippen LogP contribution in [0.1, 0.15) is 37.2 Å². The van der Waals surface area contributed by atoms with Crippen LogP contribution in [0.3, 0.4) is 0 Å². The van der Waals surface area contributed by atoms with Crippen LogP contribution >= 0.6 is 15.9 Å². The summed E-state index contributed by atoms with van der Waals surface area (Å²) in [6.07, 6.45) is 2.20. The van der Waals surface area contributed by atoms with E-state index in [1.54, 1.807) is 0 Å². The van der Waals surface area contributed by atoms with E-state index in [2.05, 4.69) is 38.1 Å². The monoisotopic (exact) mass is 421 g/mol. The molecular weight excluding hydrogens is 398 g/mol. The third kappa shape index (κ3) is 3.78. The zero-order valence-electron chi connectivity index (χ0n) is 15.3. The minimum absolute atomic E-state index is 0.120. The Balaban J connectivity index is 1.88. The lowest BCUT2D eigenvalue weighted by Gasteiger charge is -2.34. The molecule has 140 valence electrons. The van der Waals surface area contributed by atoms with Gasteiger partial charge in [-0.25, -0.2) is 4.79 Å². The second kappa shape index (κ2) is 7.80. The molecule has 0 radical (unpaired) electrons. The first-order valence-corrected chi connectivity index (χ1v) is 9.64. The number of esters is 1. The predicted molar refractivity (Wildman–Crippen MR) is 105 cm³/mol. The van der Waals surface area contributed by atoms with Gasteiger partial charge in [0.25, 0.3) is 0 Å². The van der Waals surface area contributed by atoms with Gasteiger partial charge in [-0.05, 0) is 57.0 Å². The van der Waals surface area contributed by atoms with Crippen molar-refractivity contribution < 1.29 is 14.3 Å².